The number of benzene rings is 3. The van der Waals surface area contributed by atoms with E-state index in [1.807, 2.05) is 25.1 Å². The monoisotopic (exact) mass is 404 g/mol. The Hall–Kier alpha value is -3.80. The van der Waals surface area contributed by atoms with Gasteiger partial charge in [-0.2, -0.15) is 0 Å². The molecule has 0 aliphatic carbocycles. The fraction of sp³-hybridized carbons (Fsp3) is 0.167. The van der Waals surface area contributed by atoms with Gasteiger partial charge in [0.05, 0.1) is 13.2 Å². The topological polar surface area (TPSA) is 90.7 Å². The molecule has 6 heteroatoms. The Morgan fingerprint density at radius 1 is 1.03 bits per heavy atom. The first-order chi connectivity index (χ1) is 14.5. The molecule has 3 aromatic rings. The predicted octanol–water partition coefficient (Wildman–Crippen LogP) is 3.60. The lowest BCUT2D eigenvalue weighted by molar-refractivity contribution is -0.120. The molecule has 3 rings (SSSR count). The number of fused-ring (bicyclic) bond motifs is 1. The minimum atomic E-state index is -0.571. The summed E-state index contributed by atoms with van der Waals surface area (Å²) in [6.45, 7) is 1.71. The summed E-state index contributed by atoms with van der Waals surface area (Å²) < 4.78 is 10.6. The van der Waals surface area contributed by atoms with E-state index in [2.05, 4.69) is 29.6 Å². The molecule has 3 N–H and O–H groups in total. The zero-order valence-electron chi connectivity index (χ0n) is 16.9. The van der Waals surface area contributed by atoms with Gasteiger partial charge >= 0.3 is 0 Å². The van der Waals surface area contributed by atoms with Crippen molar-refractivity contribution in [1.29, 1.82) is 0 Å². The van der Waals surface area contributed by atoms with E-state index in [0.717, 1.165) is 21.9 Å². The summed E-state index contributed by atoms with van der Waals surface area (Å²) in [7, 11) is 1.50. The van der Waals surface area contributed by atoms with Crippen LogP contribution in [0.4, 0.5) is 0 Å². The number of methoxy groups -OCH3 is 1. The van der Waals surface area contributed by atoms with Crippen molar-refractivity contribution >= 4 is 28.7 Å². The fourth-order valence-corrected chi connectivity index (χ4v) is 3.05. The van der Waals surface area contributed by atoms with Crippen LogP contribution in [0.3, 0.4) is 0 Å². The summed E-state index contributed by atoms with van der Waals surface area (Å²) in [6, 6.07) is 19.3. The average molecular weight is 404 g/mol. The Morgan fingerprint density at radius 3 is 2.53 bits per heavy atom. The maximum absolute atomic E-state index is 12.4. The molecule has 3 aromatic carbocycles. The van der Waals surface area contributed by atoms with Crippen LogP contribution in [0.25, 0.3) is 16.8 Å². The fourth-order valence-electron chi connectivity index (χ4n) is 3.05. The zero-order valence-corrected chi connectivity index (χ0v) is 16.9. The molecule has 154 valence electrons. The molecular formula is C24H24N2O4. The Morgan fingerprint density at radius 2 is 1.80 bits per heavy atom. The van der Waals surface area contributed by atoms with Gasteiger partial charge in [0.25, 0.3) is 5.91 Å². The van der Waals surface area contributed by atoms with Crippen molar-refractivity contribution in [2.45, 2.75) is 13.0 Å². The molecular weight excluding hydrogens is 380 g/mol. The van der Waals surface area contributed by atoms with Crippen molar-refractivity contribution in [1.82, 2.24) is 5.32 Å². The third-order valence-corrected chi connectivity index (χ3v) is 4.62. The van der Waals surface area contributed by atoms with E-state index in [-0.39, 0.29) is 18.6 Å². The van der Waals surface area contributed by atoms with Gasteiger partial charge < -0.3 is 20.5 Å². The maximum atomic E-state index is 12.4. The van der Waals surface area contributed by atoms with E-state index < -0.39 is 5.91 Å². The molecule has 0 saturated heterocycles. The van der Waals surface area contributed by atoms with Crippen LogP contribution in [0.15, 0.2) is 66.7 Å². The van der Waals surface area contributed by atoms with Gasteiger partial charge in [0.15, 0.2) is 18.1 Å². The van der Waals surface area contributed by atoms with Gasteiger partial charge in [-0.1, -0.05) is 42.5 Å². The number of ether oxygens (including phenoxy) is 2. The number of hydrogen-bond donors (Lipinski definition) is 2. The largest absolute Gasteiger partial charge is 0.493 e. The second-order valence-corrected chi connectivity index (χ2v) is 6.84. The van der Waals surface area contributed by atoms with Crippen molar-refractivity contribution in [3.8, 4) is 11.5 Å². The molecule has 0 radical (unpaired) electrons. The molecule has 0 aromatic heterocycles. The summed E-state index contributed by atoms with van der Waals surface area (Å²) in [5.74, 6) is 0.0769. The lowest BCUT2D eigenvalue weighted by Gasteiger charge is -2.14. The summed E-state index contributed by atoms with van der Waals surface area (Å²) >= 11 is 0. The standard InChI is InChI=1S/C24H24N2O4/c1-16(19-10-9-18-5-3-4-6-20(18)14-19)26-24(28)12-8-17-7-11-21(22(13-17)29-2)30-15-23(25)27/h3-14,16H,15H2,1-2H3,(H2,25,27)(H,26,28)/b12-8+. The summed E-state index contributed by atoms with van der Waals surface area (Å²) in [4.78, 5) is 23.2. The number of hydrogen-bond acceptors (Lipinski definition) is 4. The normalized spacial score (nSPS) is 11.9. The Labute approximate surface area is 175 Å². The molecule has 0 spiro atoms. The van der Waals surface area contributed by atoms with Gasteiger partial charge in [-0.25, -0.2) is 0 Å². The van der Waals surface area contributed by atoms with Crippen LogP contribution >= 0.6 is 0 Å². The molecule has 30 heavy (non-hydrogen) atoms. The van der Waals surface area contributed by atoms with Crippen molar-refractivity contribution < 1.29 is 19.1 Å². The van der Waals surface area contributed by atoms with Crippen LogP contribution in [0, 0.1) is 0 Å². The Bertz CT molecular complexity index is 1090. The minimum absolute atomic E-state index is 0.133. The molecule has 0 aliphatic rings. The predicted molar refractivity (Wildman–Crippen MR) is 117 cm³/mol. The molecule has 1 unspecified atom stereocenters. The van der Waals surface area contributed by atoms with E-state index in [1.54, 1.807) is 24.3 Å². The highest BCUT2D eigenvalue weighted by atomic mass is 16.5. The molecule has 0 aliphatic heterocycles. The van der Waals surface area contributed by atoms with Gasteiger partial charge in [-0.15, -0.1) is 0 Å². The van der Waals surface area contributed by atoms with E-state index in [9.17, 15) is 9.59 Å². The number of nitrogens with two attached hydrogens (primary N) is 1. The number of carbonyl (C=O) groups excluding carboxylic acids is 2. The van der Waals surface area contributed by atoms with Crippen LogP contribution in [0.5, 0.6) is 11.5 Å². The molecule has 0 fully saturated rings. The van der Waals surface area contributed by atoms with Gasteiger partial charge in [0.1, 0.15) is 0 Å². The second kappa shape index (κ2) is 9.60. The van der Waals surface area contributed by atoms with Gasteiger partial charge in [0, 0.05) is 6.08 Å². The first-order valence-electron chi connectivity index (χ1n) is 9.52. The highest BCUT2D eigenvalue weighted by molar-refractivity contribution is 5.92. The molecule has 1 atom stereocenters. The zero-order chi connectivity index (χ0) is 21.5. The quantitative estimate of drug-likeness (QED) is 0.561. The number of primary amides is 1. The van der Waals surface area contributed by atoms with Crippen LogP contribution in [-0.2, 0) is 9.59 Å². The van der Waals surface area contributed by atoms with Gasteiger partial charge in [0.2, 0.25) is 5.91 Å². The van der Waals surface area contributed by atoms with Crippen LogP contribution < -0.4 is 20.5 Å². The van der Waals surface area contributed by atoms with Crippen molar-refractivity contribution in [2.75, 3.05) is 13.7 Å². The van der Waals surface area contributed by atoms with Crippen LogP contribution in [-0.4, -0.2) is 25.5 Å². The molecule has 0 heterocycles. The van der Waals surface area contributed by atoms with E-state index in [1.165, 1.54) is 13.2 Å². The Kier molecular flexibility index (Phi) is 6.70. The highest BCUT2D eigenvalue weighted by Crippen LogP contribution is 2.28. The SMILES string of the molecule is COc1cc(/C=C/C(=O)NC(C)c2ccc3ccccc3c2)ccc1OCC(N)=O. The van der Waals surface area contributed by atoms with Gasteiger partial charge in [-0.05, 0) is 53.1 Å². The van der Waals surface area contributed by atoms with E-state index in [4.69, 9.17) is 15.2 Å². The Balaban J connectivity index is 1.65. The summed E-state index contributed by atoms with van der Waals surface area (Å²) in [5.41, 5.74) is 6.88. The highest BCUT2D eigenvalue weighted by Gasteiger charge is 2.09. The van der Waals surface area contributed by atoms with Crippen molar-refractivity contribution in [2.24, 2.45) is 5.73 Å². The van der Waals surface area contributed by atoms with Crippen LogP contribution in [0.2, 0.25) is 0 Å². The lowest BCUT2D eigenvalue weighted by atomic mass is 10.0. The van der Waals surface area contributed by atoms with E-state index in [0.29, 0.717) is 11.5 Å². The van der Waals surface area contributed by atoms with Crippen molar-refractivity contribution in [3.63, 3.8) is 0 Å². The number of amides is 2. The maximum Gasteiger partial charge on any atom is 0.255 e. The smallest absolute Gasteiger partial charge is 0.255 e. The average Bonchev–Trinajstić information content (AvgIpc) is 2.76. The molecule has 2 amide bonds. The first-order valence-corrected chi connectivity index (χ1v) is 9.52. The first kappa shape index (κ1) is 20.9. The lowest BCUT2D eigenvalue weighted by Crippen LogP contribution is -2.24. The molecule has 6 nitrogen and oxygen atoms in total. The molecule has 0 bridgehead atoms. The van der Waals surface area contributed by atoms with Crippen LogP contribution in [0.1, 0.15) is 24.1 Å². The summed E-state index contributed by atoms with van der Waals surface area (Å²) in [6.07, 6.45) is 3.15. The third-order valence-electron chi connectivity index (χ3n) is 4.62. The number of carbonyl (C=O) groups is 2. The molecule has 0 saturated carbocycles. The number of nitrogens with one attached hydrogen (secondary N) is 1. The summed E-state index contributed by atoms with van der Waals surface area (Å²) in [5, 5.41) is 5.27. The minimum Gasteiger partial charge on any atom is -0.493 e. The number of rotatable bonds is 8. The van der Waals surface area contributed by atoms with Crippen molar-refractivity contribution in [3.05, 3.63) is 77.9 Å². The van der Waals surface area contributed by atoms with Gasteiger partial charge in [-0.3, -0.25) is 9.59 Å². The van der Waals surface area contributed by atoms with E-state index >= 15 is 0 Å². The second-order valence-electron chi connectivity index (χ2n) is 6.84. The third kappa shape index (κ3) is 5.38.